The third kappa shape index (κ3) is 10.3. The Balaban J connectivity index is 0.000000651. The summed E-state index contributed by atoms with van der Waals surface area (Å²) in [6.45, 7) is 8.72. The maximum absolute atomic E-state index is 9.43. The van der Waals surface area contributed by atoms with Crippen LogP contribution in [0.4, 0.5) is 0 Å². The molecular formula is C51H47Cl2NOP2Ru. The number of nitrogens with zero attached hydrogens (tertiary/aromatic N) is 1. The Morgan fingerprint density at radius 2 is 0.690 bits per heavy atom. The summed E-state index contributed by atoms with van der Waals surface area (Å²) in [5.41, 5.74) is 7.84. The van der Waals surface area contributed by atoms with E-state index < -0.39 is 15.8 Å². The van der Waals surface area contributed by atoms with Gasteiger partial charge in [-0.1, -0.05) is 192 Å². The number of fused-ring (bicyclic) bond motifs is 2. The van der Waals surface area contributed by atoms with Gasteiger partial charge >= 0.3 is 34.5 Å². The Bertz CT molecular complexity index is 2330. The molecule has 0 radical (unpaired) electrons. The van der Waals surface area contributed by atoms with Gasteiger partial charge < -0.3 is 4.90 Å². The molecule has 1 amide bonds. The second-order valence-corrected chi connectivity index (χ2v) is 21.5. The normalized spacial score (nSPS) is 10.9. The zero-order chi connectivity index (χ0) is 41.2. The van der Waals surface area contributed by atoms with E-state index >= 15 is 0 Å². The molecule has 294 valence electrons. The van der Waals surface area contributed by atoms with Crippen molar-refractivity contribution in [3.63, 3.8) is 0 Å². The number of amides is 1. The number of carbonyl (C=O) groups is 1. The molecule has 8 aromatic carbocycles. The third-order valence-corrected chi connectivity index (χ3v) is 14.9. The van der Waals surface area contributed by atoms with E-state index in [-0.39, 0.29) is 15.1 Å². The molecule has 0 atom stereocenters. The molecule has 0 aliphatic heterocycles. The number of aryl methyl sites for hydroxylation is 4. The quantitative estimate of drug-likeness (QED) is 0.0845. The van der Waals surface area contributed by atoms with Gasteiger partial charge in [0.15, 0.2) is 0 Å². The van der Waals surface area contributed by atoms with Gasteiger partial charge in [-0.15, -0.1) is 0 Å². The van der Waals surface area contributed by atoms with Crippen LogP contribution in [0.1, 0.15) is 22.3 Å². The molecule has 0 saturated heterocycles. The summed E-state index contributed by atoms with van der Waals surface area (Å²) in [6.07, 6.45) is 0.750. The van der Waals surface area contributed by atoms with Crippen LogP contribution in [-0.4, -0.2) is 25.4 Å². The SMILES string of the molecule is CN(C)C=O.Cc1ccc(P(c2ccc(C)cc2)c2ccc3ccccc3c2-c2c(P(c3ccc(C)cc3)c3ccc(C)cc3)ccc3ccccc23)cc1.[Cl][Ru][Cl]. The molecule has 0 spiro atoms. The van der Waals surface area contributed by atoms with Crippen LogP contribution >= 0.6 is 35.2 Å². The predicted molar refractivity (Wildman–Crippen MR) is 255 cm³/mol. The zero-order valence-corrected chi connectivity index (χ0v) is 38.6. The van der Waals surface area contributed by atoms with Crippen molar-refractivity contribution in [1.29, 1.82) is 0 Å². The molecule has 0 aliphatic carbocycles. The summed E-state index contributed by atoms with van der Waals surface area (Å²) >= 11 is -0.346. The van der Waals surface area contributed by atoms with Gasteiger partial charge in [-0.3, -0.25) is 4.79 Å². The summed E-state index contributed by atoms with van der Waals surface area (Å²) in [4.78, 5) is 10.9. The molecule has 0 bridgehead atoms. The van der Waals surface area contributed by atoms with Gasteiger partial charge in [-0.05, 0) is 108 Å². The second kappa shape index (κ2) is 20.7. The number of rotatable bonds is 8. The van der Waals surface area contributed by atoms with Gasteiger partial charge in [0.25, 0.3) is 0 Å². The Labute approximate surface area is 362 Å². The molecule has 0 aromatic heterocycles. The van der Waals surface area contributed by atoms with Gasteiger partial charge in [0.05, 0.1) is 0 Å². The number of hydrogen-bond acceptors (Lipinski definition) is 1. The maximum atomic E-state index is 9.43. The van der Waals surface area contributed by atoms with E-state index in [1.165, 1.54) is 91.7 Å². The Morgan fingerprint density at radius 3 is 0.948 bits per heavy atom. The van der Waals surface area contributed by atoms with E-state index in [0.717, 1.165) is 6.41 Å². The number of halogens is 2. The Kier molecular flexibility index (Phi) is 15.5. The molecule has 7 heteroatoms. The first-order valence-corrected chi connectivity index (χ1v) is 26.2. The van der Waals surface area contributed by atoms with Crippen LogP contribution in [0.3, 0.4) is 0 Å². The summed E-state index contributed by atoms with van der Waals surface area (Å²) in [7, 11) is 11.3. The van der Waals surface area contributed by atoms with Crippen molar-refractivity contribution in [3.05, 3.63) is 192 Å². The number of hydrogen-bond donors (Lipinski definition) is 0. The molecule has 0 aliphatic rings. The molecular weight excluding hydrogens is 876 g/mol. The monoisotopic (exact) mass is 923 g/mol. The van der Waals surface area contributed by atoms with E-state index in [1.54, 1.807) is 14.1 Å². The molecule has 0 heterocycles. The van der Waals surface area contributed by atoms with E-state index in [4.69, 9.17) is 19.4 Å². The van der Waals surface area contributed by atoms with Gasteiger partial charge in [-0.25, -0.2) is 0 Å². The fourth-order valence-electron chi connectivity index (χ4n) is 7.05. The first-order valence-electron chi connectivity index (χ1n) is 19.0. The fourth-order valence-corrected chi connectivity index (χ4v) is 11.9. The molecule has 0 saturated carbocycles. The van der Waals surface area contributed by atoms with E-state index in [2.05, 4.69) is 198 Å². The average molecular weight is 924 g/mol. The van der Waals surface area contributed by atoms with Crippen LogP contribution < -0.4 is 31.8 Å². The third-order valence-electron chi connectivity index (χ3n) is 9.93. The van der Waals surface area contributed by atoms with Crippen LogP contribution in [0, 0.1) is 27.7 Å². The molecule has 2 nitrogen and oxygen atoms in total. The van der Waals surface area contributed by atoms with Crippen LogP contribution in [0.5, 0.6) is 0 Å². The van der Waals surface area contributed by atoms with Gasteiger partial charge in [-0.2, -0.15) is 0 Å². The van der Waals surface area contributed by atoms with Crippen molar-refractivity contribution >= 4 is 95.0 Å². The predicted octanol–water partition coefficient (Wildman–Crippen LogP) is 11.5. The summed E-state index contributed by atoms with van der Waals surface area (Å²) < 4.78 is 0. The average Bonchev–Trinajstić information content (AvgIpc) is 3.24. The summed E-state index contributed by atoms with van der Waals surface area (Å²) in [5, 5.41) is 13.4. The minimum atomic E-state index is -0.885. The fraction of sp³-hybridized carbons (Fsp3) is 0.118. The molecule has 0 fully saturated rings. The van der Waals surface area contributed by atoms with Crippen LogP contribution in [-0.2, 0) is 19.9 Å². The minimum absolute atomic E-state index is 0.346. The molecule has 0 N–H and O–H groups in total. The van der Waals surface area contributed by atoms with Crippen molar-refractivity contribution in [2.75, 3.05) is 14.1 Å². The molecule has 8 aromatic rings. The topological polar surface area (TPSA) is 20.3 Å². The van der Waals surface area contributed by atoms with E-state index in [9.17, 15) is 4.79 Å². The van der Waals surface area contributed by atoms with E-state index in [0.29, 0.717) is 0 Å². The van der Waals surface area contributed by atoms with E-state index in [1.807, 2.05) is 0 Å². The van der Waals surface area contributed by atoms with Crippen molar-refractivity contribution in [2.45, 2.75) is 27.7 Å². The van der Waals surface area contributed by atoms with Crippen LogP contribution in [0.2, 0.25) is 0 Å². The van der Waals surface area contributed by atoms with Crippen LogP contribution in [0.25, 0.3) is 32.7 Å². The van der Waals surface area contributed by atoms with Crippen molar-refractivity contribution in [2.24, 2.45) is 0 Å². The molecule has 8 rings (SSSR count). The van der Waals surface area contributed by atoms with Gasteiger partial charge in [0.1, 0.15) is 0 Å². The first-order chi connectivity index (χ1) is 28.1. The summed E-state index contributed by atoms with van der Waals surface area (Å²) in [6, 6.07) is 64.6. The van der Waals surface area contributed by atoms with Crippen molar-refractivity contribution in [1.82, 2.24) is 4.90 Å². The van der Waals surface area contributed by atoms with Gasteiger partial charge in [0.2, 0.25) is 6.41 Å². The first kappa shape index (κ1) is 43.4. The van der Waals surface area contributed by atoms with Crippen molar-refractivity contribution in [3.8, 4) is 11.1 Å². The Hall–Kier alpha value is -4.19. The molecule has 0 unspecified atom stereocenters. The number of benzene rings is 8. The zero-order valence-electron chi connectivity index (χ0n) is 33.6. The van der Waals surface area contributed by atoms with Gasteiger partial charge in [0, 0.05) is 14.1 Å². The van der Waals surface area contributed by atoms with Crippen molar-refractivity contribution < 1.29 is 19.9 Å². The summed E-state index contributed by atoms with van der Waals surface area (Å²) in [5.74, 6) is 0. The standard InChI is InChI=1S/C48H40P2.C3H7NO.2ClH.Ru/c1-33-13-23-39(24-14-33)49(40-25-15-34(2)16-26-40)45-31-21-37-9-5-7-11-43(37)47(45)48-44-12-8-6-10-38(44)22-32-46(48)50(41-27-17-35(3)18-28-41)42-29-19-36(4)20-30-42;1-4(2)3-5;;;/h5-32H,1-4H3;3H,1-2H3;2*1H;/q;;;;+2/p-2. The Morgan fingerprint density at radius 1 is 0.431 bits per heavy atom. The second-order valence-electron chi connectivity index (χ2n) is 14.5. The number of carbonyl (C=O) groups excluding carboxylic acids is 1. The molecule has 58 heavy (non-hydrogen) atoms. The van der Waals surface area contributed by atoms with Crippen LogP contribution in [0.15, 0.2) is 170 Å².